The summed E-state index contributed by atoms with van der Waals surface area (Å²) >= 11 is 0. The van der Waals surface area contributed by atoms with E-state index in [9.17, 15) is 4.79 Å². The van der Waals surface area contributed by atoms with E-state index in [2.05, 4.69) is 10.6 Å². The lowest BCUT2D eigenvalue weighted by Crippen LogP contribution is -2.45. The Balaban J connectivity index is 2.26. The molecule has 0 spiro atoms. The molecule has 0 aliphatic rings. The van der Waals surface area contributed by atoms with E-state index in [1.807, 2.05) is 44.2 Å². The van der Waals surface area contributed by atoms with Gasteiger partial charge in [0.05, 0.1) is 6.54 Å². The van der Waals surface area contributed by atoms with Crippen molar-refractivity contribution in [3.8, 4) is 0 Å². The summed E-state index contributed by atoms with van der Waals surface area (Å²) in [6.07, 6.45) is 0.624. The minimum atomic E-state index is -0.223. The molecule has 1 rings (SSSR count). The first-order chi connectivity index (χ1) is 8.53. The van der Waals surface area contributed by atoms with E-state index in [1.165, 1.54) is 0 Å². The number of nitrogens with one attached hydrogen (secondary N) is 2. The molecule has 1 aromatic carbocycles. The molecule has 0 atom stereocenters. The van der Waals surface area contributed by atoms with E-state index in [4.69, 9.17) is 5.11 Å². The molecule has 1 amide bonds. The Kier molecular flexibility index (Phi) is 5.82. The zero-order valence-electron chi connectivity index (χ0n) is 11.1. The van der Waals surface area contributed by atoms with Crippen molar-refractivity contribution < 1.29 is 9.90 Å². The van der Waals surface area contributed by atoms with Crippen molar-refractivity contribution in [2.24, 2.45) is 0 Å². The van der Waals surface area contributed by atoms with Gasteiger partial charge in [-0.2, -0.15) is 0 Å². The van der Waals surface area contributed by atoms with E-state index in [0.717, 1.165) is 5.56 Å². The molecule has 0 bridgehead atoms. The summed E-state index contributed by atoms with van der Waals surface area (Å²) in [5, 5.41) is 14.9. The maximum absolute atomic E-state index is 11.6. The van der Waals surface area contributed by atoms with Crippen LogP contribution < -0.4 is 10.6 Å². The molecular weight excluding hydrogens is 228 g/mol. The van der Waals surface area contributed by atoms with Crippen LogP contribution in [-0.2, 0) is 11.3 Å². The van der Waals surface area contributed by atoms with Gasteiger partial charge < -0.3 is 15.7 Å². The van der Waals surface area contributed by atoms with Gasteiger partial charge in [0, 0.05) is 18.7 Å². The number of hydrogen-bond acceptors (Lipinski definition) is 3. The van der Waals surface area contributed by atoms with E-state index >= 15 is 0 Å². The summed E-state index contributed by atoms with van der Waals surface area (Å²) in [5.41, 5.74) is 0.860. The Labute approximate surface area is 108 Å². The average molecular weight is 250 g/mol. The van der Waals surface area contributed by atoms with Gasteiger partial charge in [-0.15, -0.1) is 0 Å². The third-order valence-electron chi connectivity index (χ3n) is 2.80. The van der Waals surface area contributed by atoms with E-state index < -0.39 is 0 Å². The molecule has 100 valence electrons. The van der Waals surface area contributed by atoms with Crippen LogP contribution in [0, 0.1) is 0 Å². The highest BCUT2D eigenvalue weighted by atomic mass is 16.3. The summed E-state index contributed by atoms with van der Waals surface area (Å²) in [6.45, 7) is 4.86. The average Bonchev–Trinajstić information content (AvgIpc) is 2.35. The van der Waals surface area contributed by atoms with Crippen LogP contribution >= 0.6 is 0 Å². The molecule has 0 fully saturated rings. The molecule has 4 nitrogen and oxygen atoms in total. The van der Waals surface area contributed by atoms with Gasteiger partial charge in [0.1, 0.15) is 0 Å². The Morgan fingerprint density at radius 3 is 2.56 bits per heavy atom. The Hall–Kier alpha value is -1.39. The largest absolute Gasteiger partial charge is 0.396 e. The van der Waals surface area contributed by atoms with Crippen molar-refractivity contribution in [2.75, 3.05) is 13.2 Å². The SMILES string of the molecule is CC(C)(CCO)NCC(=O)NCc1ccccc1. The zero-order chi connectivity index (χ0) is 13.4. The molecule has 0 unspecified atom stereocenters. The molecule has 0 saturated carbocycles. The van der Waals surface area contributed by atoms with Gasteiger partial charge in [-0.1, -0.05) is 30.3 Å². The first-order valence-corrected chi connectivity index (χ1v) is 6.20. The normalized spacial score (nSPS) is 11.3. The first-order valence-electron chi connectivity index (χ1n) is 6.20. The molecule has 0 aliphatic heterocycles. The highest BCUT2D eigenvalue weighted by Gasteiger charge is 2.17. The maximum atomic E-state index is 11.6. The predicted molar refractivity (Wildman–Crippen MR) is 72.1 cm³/mol. The van der Waals surface area contributed by atoms with E-state index in [-0.39, 0.29) is 24.6 Å². The monoisotopic (exact) mass is 250 g/mol. The van der Waals surface area contributed by atoms with Crippen LogP contribution in [-0.4, -0.2) is 29.7 Å². The van der Waals surface area contributed by atoms with Gasteiger partial charge in [0.15, 0.2) is 0 Å². The quantitative estimate of drug-likeness (QED) is 0.678. The van der Waals surface area contributed by atoms with Crippen molar-refractivity contribution >= 4 is 5.91 Å². The molecule has 0 aliphatic carbocycles. The fraction of sp³-hybridized carbons (Fsp3) is 0.500. The molecule has 0 heterocycles. The second kappa shape index (κ2) is 7.13. The molecule has 3 N–H and O–H groups in total. The van der Waals surface area contributed by atoms with Gasteiger partial charge in [-0.05, 0) is 25.8 Å². The van der Waals surface area contributed by atoms with Crippen LogP contribution in [0.1, 0.15) is 25.8 Å². The summed E-state index contributed by atoms with van der Waals surface area (Å²) < 4.78 is 0. The van der Waals surface area contributed by atoms with Crippen LogP contribution in [0.25, 0.3) is 0 Å². The van der Waals surface area contributed by atoms with Gasteiger partial charge in [-0.3, -0.25) is 4.79 Å². The molecule has 0 aromatic heterocycles. The summed E-state index contributed by atoms with van der Waals surface area (Å²) in [4.78, 5) is 11.6. The van der Waals surface area contributed by atoms with Crippen LogP contribution in [0.4, 0.5) is 0 Å². The second-order valence-corrected chi connectivity index (χ2v) is 4.97. The van der Waals surface area contributed by atoms with Crippen molar-refractivity contribution in [3.05, 3.63) is 35.9 Å². The van der Waals surface area contributed by atoms with Gasteiger partial charge >= 0.3 is 0 Å². The number of rotatable bonds is 7. The fourth-order valence-corrected chi connectivity index (χ4v) is 1.55. The zero-order valence-corrected chi connectivity index (χ0v) is 11.1. The number of carbonyl (C=O) groups is 1. The van der Waals surface area contributed by atoms with Crippen molar-refractivity contribution in [3.63, 3.8) is 0 Å². The summed E-state index contributed by atoms with van der Waals surface area (Å²) in [6, 6.07) is 9.80. The van der Waals surface area contributed by atoms with Crippen molar-refractivity contribution in [1.82, 2.24) is 10.6 Å². The van der Waals surface area contributed by atoms with Crippen LogP contribution in [0.15, 0.2) is 30.3 Å². The third kappa shape index (κ3) is 5.80. The molecular formula is C14H22N2O2. The molecule has 4 heteroatoms. The van der Waals surface area contributed by atoms with E-state index in [0.29, 0.717) is 13.0 Å². The maximum Gasteiger partial charge on any atom is 0.234 e. The highest BCUT2D eigenvalue weighted by molar-refractivity contribution is 5.78. The molecule has 0 saturated heterocycles. The number of hydrogen-bond donors (Lipinski definition) is 3. The fourth-order valence-electron chi connectivity index (χ4n) is 1.55. The van der Waals surface area contributed by atoms with Gasteiger partial charge in [0.2, 0.25) is 5.91 Å². The second-order valence-electron chi connectivity index (χ2n) is 4.97. The number of amides is 1. The van der Waals surface area contributed by atoms with E-state index in [1.54, 1.807) is 0 Å². The van der Waals surface area contributed by atoms with Gasteiger partial charge in [0.25, 0.3) is 0 Å². The number of benzene rings is 1. The standard InChI is InChI=1S/C14H22N2O2/c1-14(2,8-9-17)16-11-13(18)15-10-12-6-4-3-5-7-12/h3-7,16-17H,8-11H2,1-2H3,(H,15,18). The summed E-state index contributed by atoms with van der Waals surface area (Å²) in [7, 11) is 0. The van der Waals surface area contributed by atoms with Crippen LogP contribution in [0.5, 0.6) is 0 Å². The number of carbonyl (C=O) groups excluding carboxylic acids is 1. The smallest absolute Gasteiger partial charge is 0.234 e. The lowest BCUT2D eigenvalue weighted by atomic mass is 10.0. The lowest BCUT2D eigenvalue weighted by molar-refractivity contribution is -0.120. The Bertz CT molecular complexity index is 363. The number of aliphatic hydroxyl groups is 1. The lowest BCUT2D eigenvalue weighted by Gasteiger charge is -2.25. The Morgan fingerprint density at radius 1 is 1.28 bits per heavy atom. The van der Waals surface area contributed by atoms with Crippen LogP contribution in [0.3, 0.4) is 0 Å². The minimum absolute atomic E-state index is 0.0372. The van der Waals surface area contributed by atoms with Crippen molar-refractivity contribution in [1.29, 1.82) is 0 Å². The minimum Gasteiger partial charge on any atom is -0.396 e. The van der Waals surface area contributed by atoms with Crippen LogP contribution in [0.2, 0.25) is 0 Å². The topological polar surface area (TPSA) is 61.4 Å². The highest BCUT2D eigenvalue weighted by Crippen LogP contribution is 2.06. The molecule has 18 heavy (non-hydrogen) atoms. The summed E-state index contributed by atoms with van der Waals surface area (Å²) in [5.74, 6) is -0.0372. The molecule has 0 radical (unpaired) electrons. The van der Waals surface area contributed by atoms with Gasteiger partial charge in [-0.25, -0.2) is 0 Å². The Morgan fingerprint density at radius 2 is 1.94 bits per heavy atom. The number of aliphatic hydroxyl groups excluding tert-OH is 1. The molecule has 1 aromatic rings. The first kappa shape index (κ1) is 14.7. The van der Waals surface area contributed by atoms with Crippen molar-refractivity contribution in [2.45, 2.75) is 32.4 Å². The third-order valence-corrected chi connectivity index (χ3v) is 2.80. The predicted octanol–water partition coefficient (Wildman–Crippen LogP) is 1.05.